The van der Waals surface area contributed by atoms with Gasteiger partial charge in [0.2, 0.25) is 15.9 Å². The van der Waals surface area contributed by atoms with Crippen LogP contribution in [0.2, 0.25) is 0 Å². The van der Waals surface area contributed by atoms with Crippen molar-refractivity contribution in [3.8, 4) is 0 Å². The van der Waals surface area contributed by atoms with Gasteiger partial charge in [0.05, 0.1) is 11.7 Å². The summed E-state index contributed by atoms with van der Waals surface area (Å²) in [6, 6.07) is 12.2. The first-order chi connectivity index (χ1) is 15.4. The number of carbonyl (C=O) groups is 2. The fourth-order valence-electron chi connectivity index (χ4n) is 3.64. The summed E-state index contributed by atoms with van der Waals surface area (Å²) in [5.74, 6) is -0.333. The molecule has 0 unspecified atom stereocenters. The van der Waals surface area contributed by atoms with E-state index in [9.17, 15) is 18.0 Å². The number of sulfonamides is 1. The van der Waals surface area contributed by atoms with Crippen LogP contribution in [0.3, 0.4) is 0 Å². The van der Waals surface area contributed by atoms with Crippen molar-refractivity contribution in [3.63, 3.8) is 0 Å². The van der Waals surface area contributed by atoms with Crippen LogP contribution < -0.4 is 5.32 Å². The van der Waals surface area contributed by atoms with E-state index >= 15 is 0 Å². The molecule has 1 aliphatic rings. The molecule has 11 heteroatoms. The molecule has 0 aliphatic carbocycles. The van der Waals surface area contributed by atoms with E-state index in [1.807, 2.05) is 19.1 Å². The van der Waals surface area contributed by atoms with Gasteiger partial charge in [-0.15, -0.1) is 0 Å². The number of hydrogen-bond donors (Lipinski definition) is 1. The zero-order valence-electron chi connectivity index (χ0n) is 17.5. The van der Waals surface area contributed by atoms with Crippen molar-refractivity contribution in [2.24, 2.45) is 0 Å². The lowest BCUT2D eigenvalue weighted by molar-refractivity contribution is -0.132. The number of aromatic nitrogens is 2. The number of carbonyl (C=O) groups excluding carboxylic acids is 2. The quantitative estimate of drug-likeness (QED) is 0.583. The van der Waals surface area contributed by atoms with Crippen LogP contribution in [-0.2, 0) is 14.8 Å². The van der Waals surface area contributed by atoms with Gasteiger partial charge in [0, 0.05) is 44.7 Å². The lowest BCUT2D eigenvalue weighted by Gasteiger charge is -2.34. The molecule has 168 valence electrons. The largest absolute Gasteiger partial charge is 0.352 e. The Morgan fingerprint density at radius 3 is 2.56 bits per heavy atom. The van der Waals surface area contributed by atoms with Gasteiger partial charge in [-0.1, -0.05) is 23.8 Å². The van der Waals surface area contributed by atoms with Crippen molar-refractivity contribution in [2.45, 2.75) is 18.2 Å². The van der Waals surface area contributed by atoms with Crippen LogP contribution in [0, 0.1) is 6.92 Å². The van der Waals surface area contributed by atoms with Crippen molar-refractivity contribution in [3.05, 3.63) is 53.6 Å². The lowest BCUT2D eigenvalue weighted by atomic mass is 10.1. The molecule has 4 rings (SSSR count). The standard InChI is InChI=1S/C21H23N5O4S2/c1-15-4-2-5-16(14-15)21(28)22-9-8-19(27)25-10-12-26(13-11-25)32(29,30)18-7-3-6-17-20(18)24-31-23-17/h2-7,14H,8-13H2,1H3,(H,22,28). The van der Waals surface area contributed by atoms with Crippen LogP contribution in [-0.4, -0.2) is 70.9 Å². The van der Waals surface area contributed by atoms with Gasteiger partial charge in [0.15, 0.2) is 0 Å². The minimum Gasteiger partial charge on any atom is -0.352 e. The van der Waals surface area contributed by atoms with Crippen LogP contribution in [0.25, 0.3) is 11.0 Å². The fourth-order valence-corrected chi connectivity index (χ4v) is 5.81. The molecule has 1 N–H and O–H groups in total. The van der Waals surface area contributed by atoms with Gasteiger partial charge in [0.25, 0.3) is 5.91 Å². The minimum atomic E-state index is -3.73. The third-order valence-electron chi connectivity index (χ3n) is 5.36. The van der Waals surface area contributed by atoms with E-state index in [4.69, 9.17) is 0 Å². The van der Waals surface area contributed by atoms with Gasteiger partial charge in [-0.2, -0.15) is 13.1 Å². The average molecular weight is 474 g/mol. The van der Waals surface area contributed by atoms with E-state index in [-0.39, 0.29) is 42.8 Å². The molecule has 3 aromatic rings. The van der Waals surface area contributed by atoms with Crippen molar-refractivity contribution in [1.29, 1.82) is 0 Å². The molecule has 1 aliphatic heterocycles. The molecule has 1 aromatic heterocycles. The number of fused-ring (bicyclic) bond motifs is 1. The Morgan fingerprint density at radius 1 is 1.06 bits per heavy atom. The highest BCUT2D eigenvalue weighted by molar-refractivity contribution is 7.89. The molecule has 0 bridgehead atoms. The zero-order valence-corrected chi connectivity index (χ0v) is 19.2. The fraction of sp³-hybridized carbons (Fsp3) is 0.333. The topological polar surface area (TPSA) is 113 Å². The minimum absolute atomic E-state index is 0.114. The Bertz CT molecular complexity index is 1250. The van der Waals surface area contributed by atoms with Crippen molar-refractivity contribution >= 4 is 44.6 Å². The van der Waals surface area contributed by atoms with Crippen LogP contribution >= 0.6 is 11.7 Å². The predicted octanol–water partition coefficient (Wildman–Crippen LogP) is 1.65. The maximum Gasteiger partial charge on any atom is 0.251 e. The second kappa shape index (κ2) is 9.31. The monoisotopic (exact) mass is 473 g/mol. The Balaban J connectivity index is 1.30. The van der Waals surface area contributed by atoms with E-state index in [0.29, 0.717) is 29.7 Å². The van der Waals surface area contributed by atoms with Crippen molar-refractivity contribution in [2.75, 3.05) is 32.7 Å². The van der Waals surface area contributed by atoms with E-state index < -0.39 is 10.0 Å². The highest BCUT2D eigenvalue weighted by Gasteiger charge is 2.31. The summed E-state index contributed by atoms with van der Waals surface area (Å²) in [6.45, 7) is 3.15. The molecule has 0 radical (unpaired) electrons. The number of amides is 2. The van der Waals surface area contributed by atoms with Crippen LogP contribution in [0.1, 0.15) is 22.3 Å². The Labute approximate surface area is 190 Å². The maximum absolute atomic E-state index is 13.1. The van der Waals surface area contributed by atoms with E-state index in [2.05, 4.69) is 14.1 Å². The van der Waals surface area contributed by atoms with Gasteiger partial charge in [0.1, 0.15) is 15.9 Å². The molecule has 2 amide bonds. The SMILES string of the molecule is Cc1cccc(C(=O)NCCC(=O)N2CCN(S(=O)(=O)c3cccc4nsnc34)CC2)c1. The van der Waals surface area contributed by atoms with E-state index in [1.54, 1.807) is 29.2 Å². The molecule has 9 nitrogen and oxygen atoms in total. The van der Waals surface area contributed by atoms with Crippen LogP contribution in [0.4, 0.5) is 0 Å². The van der Waals surface area contributed by atoms with Gasteiger partial charge < -0.3 is 10.2 Å². The van der Waals surface area contributed by atoms with Gasteiger partial charge in [-0.05, 0) is 31.2 Å². The number of rotatable bonds is 6. The summed E-state index contributed by atoms with van der Waals surface area (Å²) >= 11 is 0.977. The summed E-state index contributed by atoms with van der Waals surface area (Å²) in [7, 11) is -3.73. The summed E-state index contributed by atoms with van der Waals surface area (Å²) in [5.41, 5.74) is 2.48. The molecule has 2 aromatic carbocycles. The molecule has 2 heterocycles. The molecule has 0 atom stereocenters. The molecule has 32 heavy (non-hydrogen) atoms. The van der Waals surface area contributed by atoms with Gasteiger partial charge in [-0.25, -0.2) is 8.42 Å². The molecule has 0 spiro atoms. The molecular weight excluding hydrogens is 450 g/mol. The highest BCUT2D eigenvalue weighted by atomic mass is 32.2. The predicted molar refractivity (Wildman–Crippen MR) is 121 cm³/mol. The van der Waals surface area contributed by atoms with Crippen molar-refractivity contribution in [1.82, 2.24) is 23.3 Å². The average Bonchev–Trinajstić information content (AvgIpc) is 3.28. The first-order valence-electron chi connectivity index (χ1n) is 10.2. The summed E-state index contributed by atoms with van der Waals surface area (Å²) in [6.07, 6.45) is 0.161. The second-order valence-corrected chi connectivity index (χ2v) is 9.98. The molecule has 1 fully saturated rings. The second-order valence-electron chi connectivity index (χ2n) is 7.55. The summed E-state index contributed by atoms with van der Waals surface area (Å²) in [5, 5.41) is 2.76. The Morgan fingerprint density at radius 2 is 1.81 bits per heavy atom. The zero-order chi connectivity index (χ0) is 22.7. The van der Waals surface area contributed by atoms with Gasteiger partial charge in [-0.3, -0.25) is 9.59 Å². The molecular formula is C21H23N5O4S2. The number of piperazine rings is 1. The van der Waals surface area contributed by atoms with E-state index in [0.717, 1.165) is 17.3 Å². The Kier molecular flexibility index (Phi) is 6.49. The summed E-state index contributed by atoms with van der Waals surface area (Å²) in [4.78, 5) is 26.5. The number of nitrogens with zero attached hydrogens (tertiary/aromatic N) is 4. The number of aryl methyl sites for hydroxylation is 1. The molecule has 1 saturated heterocycles. The first kappa shape index (κ1) is 22.3. The summed E-state index contributed by atoms with van der Waals surface area (Å²) < 4.78 is 35.8. The number of nitrogens with one attached hydrogen (secondary N) is 1. The smallest absolute Gasteiger partial charge is 0.251 e. The van der Waals surface area contributed by atoms with E-state index in [1.165, 1.54) is 10.4 Å². The number of benzene rings is 2. The van der Waals surface area contributed by atoms with Crippen LogP contribution in [0.15, 0.2) is 47.4 Å². The third kappa shape index (κ3) is 4.64. The highest BCUT2D eigenvalue weighted by Crippen LogP contribution is 2.25. The van der Waals surface area contributed by atoms with Crippen molar-refractivity contribution < 1.29 is 18.0 Å². The van der Waals surface area contributed by atoms with Gasteiger partial charge >= 0.3 is 0 Å². The molecule has 0 saturated carbocycles. The normalized spacial score (nSPS) is 15.1. The first-order valence-corrected chi connectivity index (χ1v) is 12.4. The Hall–Kier alpha value is -2.89. The van der Waals surface area contributed by atoms with Crippen LogP contribution in [0.5, 0.6) is 0 Å². The maximum atomic E-state index is 13.1. The third-order valence-corrected chi connectivity index (χ3v) is 7.84. The lowest BCUT2D eigenvalue weighted by Crippen LogP contribution is -2.50. The number of hydrogen-bond acceptors (Lipinski definition) is 7.